The SMILES string of the molecule is CCC(C(=O)NC(C)C)n1nc(C)c(Cl)c1C. The Hall–Kier alpha value is -1.03. The van der Waals surface area contributed by atoms with Crippen LogP contribution in [0.2, 0.25) is 5.02 Å². The van der Waals surface area contributed by atoms with Gasteiger partial charge in [0.15, 0.2) is 0 Å². The molecule has 1 aromatic heterocycles. The molecule has 17 heavy (non-hydrogen) atoms. The Balaban J connectivity index is 3.01. The summed E-state index contributed by atoms with van der Waals surface area (Å²) in [6.45, 7) is 9.58. The molecule has 0 saturated carbocycles. The van der Waals surface area contributed by atoms with Gasteiger partial charge in [0, 0.05) is 6.04 Å². The second-order valence-electron chi connectivity index (χ2n) is 4.52. The molecule has 4 nitrogen and oxygen atoms in total. The number of rotatable bonds is 4. The summed E-state index contributed by atoms with van der Waals surface area (Å²) >= 11 is 6.09. The van der Waals surface area contributed by atoms with Crippen LogP contribution in [0.25, 0.3) is 0 Å². The maximum atomic E-state index is 12.0. The van der Waals surface area contributed by atoms with Crippen LogP contribution in [0.4, 0.5) is 0 Å². The summed E-state index contributed by atoms with van der Waals surface area (Å²) in [6, 6.07) is -0.160. The molecule has 0 radical (unpaired) electrons. The summed E-state index contributed by atoms with van der Waals surface area (Å²) in [5, 5.41) is 7.88. The normalized spacial score (nSPS) is 12.9. The smallest absolute Gasteiger partial charge is 0.245 e. The lowest BCUT2D eigenvalue weighted by molar-refractivity contribution is -0.125. The van der Waals surface area contributed by atoms with Gasteiger partial charge in [-0.3, -0.25) is 9.48 Å². The summed E-state index contributed by atoms with van der Waals surface area (Å²) in [5.74, 6) is -0.00948. The maximum absolute atomic E-state index is 12.0. The lowest BCUT2D eigenvalue weighted by atomic mass is 10.2. The van der Waals surface area contributed by atoms with Crippen molar-refractivity contribution in [1.29, 1.82) is 0 Å². The number of nitrogens with zero attached hydrogens (tertiary/aromatic N) is 2. The number of amides is 1. The Morgan fingerprint density at radius 2 is 2.06 bits per heavy atom. The van der Waals surface area contributed by atoms with Gasteiger partial charge in [0.25, 0.3) is 0 Å². The number of carbonyl (C=O) groups excluding carboxylic acids is 1. The molecule has 0 aromatic carbocycles. The van der Waals surface area contributed by atoms with E-state index in [4.69, 9.17) is 11.6 Å². The molecule has 1 unspecified atom stereocenters. The molecule has 1 amide bonds. The molecule has 1 heterocycles. The molecule has 96 valence electrons. The summed E-state index contributed by atoms with van der Waals surface area (Å²) < 4.78 is 1.72. The van der Waals surface area contributed by atoms with E-state index in [9.17, 15) is 4.79 Å². The van der Waals surface area contributed by atoms with Crippen molar-refractivity contribution in [2.45, 2.75) is 53.1 Å². The minimum Gasteiger partial charge on any atom is -0.352 e. The Labute approximate surface area is 107 Å². The van der Waals surface area contributed by atoms with E-state index < -0.39 is 0 Å². The zero-order chi connectivity index (χ0) is 13.2. The zero-order valence-electron chi connectivity index (χ0n) is 11.0. The highest BCUT2D eigenvalue weighted by atomic mass is 35.5. The molecule has 0 saturated heterocycles. The molecule has 0 aliphatic carbocycles. The van der Waals surface area contributed by atoms with Crippen LogP contribution >= 0.6 is 11.6 Å². The van der Waals surface area contributed by atoms with Gasteiger partial charge in [-0.1, -0.05) is 18.5 Å². The van der Waals surface area contributed by atoms with E-state index in [0.717, 1.165) is 11.4 Å². The third-order valence-electron chi connectivity index (χ3n) is 2.65. The van der Waals surface area contributed by atoms with Crippen LogP contribution in [0, 0.1) is 13.8 Å². The van der Waals surface area contributed by atoms with E-state index in [-0.39, 0.29) is 18.0 Å². The van der Waals surface area contributed by atoms with E-state index in [1.54, 1.807) is 4.68 Å². The fourth-order valence-electron chi connectivity index (χ4n) is 1.80. The van der Waals surface area contributed by atoms with Gasteiger partial charge in [0.1, 0.15) is 6.04 Å². The molecule has 0 aliphatic rings. The van der Waals surface area contributed by atoms with Crippen molar-refractivity contribution in [1.82, 2.24) is 15.1 Å². The van der Waals surface area contributed by atoms with Crippen LogP contribution < -0.4 is 5.32 Å². The fourth-order valence-corrected chi connectivity index (χ4v) is 1.92. The van der Waals surface area contributed by atoms with Crippen molar-refractivity contribution in [3.8, 4) is 0 Å². The highest BCUT2D eigenvalue weighted by Crippen LogP contribution is 2.23. The minimum atomic E-state index is -0.288. The lowest BCUT2D eigenvalue weighted by Crippen LogP contribution is -2.37. The van der Waals surface area contributed by atoms with Crippen LogP contribution in [0.1, 0.15) is 44.6 Å². The van der Waals surface area contributed by atoms with Gasteiger partial charge >= 0.3 is 0 Å². The number of nitrogens with one attached hydrogen (secondary N) is 1. The molecule has 1 rings (SSSR count). The Morgan fingerprint density at radius 3 is 2.41 bits per heavy atom. The third-order valence-corrected chi connectivity index (χ3v) is 3.20. The first kappa shape index (κ1) is 14.0. The van der Waals surface area contributed by atoms with Gasteiger partial charge in [0.05, 0.1) is 16.4 Å². The van der Waals surface area contributed by atoms with Gasteiger partial charge in [-0.05, 0) is 34.1 Å². The molecular weight excluding hydrogens is 238 g/mol. The molecule has 1 atom stereocenters. The van der Waals surface area contributed by atoms with Crippen LogP contribution in [0.5, 0.6) is 0 Å². The zero-order valence-corrected chi connectivity index (χ0v) is 11.8. The molecular formula is C12H20ClN3O. The monoisotopic (exact) mass is 257 g/mol. The van der Waals surface area contributed by atoms with Crippen LogP contribution in [0.3, 0.4) is 0 Å². The highest BCUT2D eigenvalue weighted by Gasteiger charge is 2.23. The number of hydrogen-bond acceptors (Lipinski definition) is 2. The quantitative estimate of drug-likeness (QED) is 0.901. The second kappa shape index (κ2) is 5.54. The van der Waals surface area contributed by atoms with Crippen molar-refractivity contribution in [3.63, 3.8) is 0 Å². The predicted molar refractivity (Wildman–Crippen MR) is 69.3 cm³/mol. The van der Waals surface area contributed by atoms with Crippen LogP contribution in [0.15, 0.2) is 0 Å². The molecule has 1 aromatic rings. The van der Waals surface area contributed by atoms with Crippen molar-refractivity contribution in [3.05, 3.63) is 16.4 Å². The summed E-state index contributed by atoms with van der Waals surface area (Å²) in [6.07, 6.45) is 0.691. The first-order chi connectivity index (χ1) is 7.88. The van der Waals surface area contributed by atoms with E-state index in [0.29, 0.717) is 11.4 Å². The van der Waals surface area contributed by atoms with Crippen molar-refractivity contribution < 1.29 is 4.79 Å². The van der Waals surface area contributed by atoms with Crippen molar-refractivity contribution >= 4 is 17.5 Å². The first-order valence-corrected chi connectivity index (χ1v) is 6.27. The van der Waals surface area contributed by atoms with Gasteiger partial charge in [-0.25, -0.2) is 0 Å². The molecule has 1 N–H and O–H groups in total. The average Bonchev–Trinajstić information content (AvgIpc) is 2.47. The number of aryl methyl sites for hydroxylation is 1. The van der Waals surface area contributed by atoms with Gasteiger partial charge in [0.2, 0.25) is 5.91 Å². The molecule has 0 bridgehead atoms. The van der Waals surface area contributed by atoms with Crippen LogP contribution in [-0.4, -0.2) is 21.7 Å². The lowest BCUT2D eigenvalue weighted by Gasteiger charge is -2.18. The van der Waals surface area contributed by atoms with Crippen molar-refractivity contribution in [2.24, 2.45) is 0 Å². The molecule has 0 fully saturated rings. The van der Waals surface area contributed by atoms with Gasteiger partial charge < -0.3 is 5.32 Å². The maximum Gasteiger partial charge on any atom is 0.245 e. The standard InChI is InChI=1S/C12H20ClN3O/c1-6-10(12(17)14-7(2)3)16-9(5)11(13)8(4)15-16/h7,10H,6H2,1-5H3,(H,14,17). The molecule has 5 heteroatoms. The largest absolute Gasteiger partial charge is 0.352 e. The van der Waals surface area contributed by atoms with Crippen molar-refractivity contribution in [2.75, 3.05) is 0 Å². The number of hydrogen-bond donors (Lipinski definition) is 1. The first-order valence-electron chi connectivity index (χ1n) is 5.90. The van der Waals surface area contributed by atoms with E-state index in [1.807, 2.05) is 34.6 Å². The summed E-state index contributed by atoms with van der Waals surface area (Å²) in [5.41, 5.74) is 1.61. The average molecular weight is 258 g/mol. The number of aromatic nitrogens is 2. The second-order valence-corrected chi connectivity index (χ2v) is 4.89. The molecule has 0 aliphatic heterocycles. The predicted octanol–water partition coefficient (Wildman–Crippen LogP) is 2.63. The minimum absolute atomic E-state index is 0.00948. The van der Waals surface area contributed by atoms with Gasteiger partial charge in [-0.15, -0.1) is 0 Å². The third kappa shape index (κ3) is 3.00. The fraction of sp³-hybridized carbons (Fsp3) is 0.667. The number of halogens is 1. The molecule has 0 spiro atoms. The van der Waals surface area contributed by atoms with E-state index >= 15 is 0 Å². The topological polar surface area (TPSA) is 46.9 Å². The van der Waals surface area contributed by atoms with Crippen LogP contribution in [-0.2, 0) is 4.79 Å². The number of carbonyl (C=O) groups is 1. The summed E-state index contributed by atoms with van der Waals surface area (Å²) in [7, 11) is 0. The Morgan fingerprint density at radius 1 is 1.47 bits per heavy atom. The Bertz CT molecular complexity index is 412. The Kier molecular flexibility index (Phi) is 4.57. The van der Waals surface area contributed by atoms with E-state index in [2.05, 4.69) is 10.4 Å². The van der Waals surface area contributed by atoms with E-state index in [1.165, 1.54) is 0 Å². The highest BCUT2D eigenvalue weighted by molar-refractivity contribution is 6.31. The summed E-state index contributed by atoms with van der Waals surface area (Å²) in [4.78, 5) is 12.0. The van der Waals surface area contributed by atoms with Gasteiger partial charge in [-0.2, -0.15) is 5.10 Å².